The lowest BCUT2D eigenvalue weighted by molar-refractivity contribution is 0.0949. The van der Waals surface area contributed by atoms with E-state index in [0.29, 0.717) is 29.7 Å². The summed E-state index contributed by atoms with van der Waals surface area (Å²) in [6.07, 6.45) is 5.00. The van der Waals surface area contributed by atoms with Crippen LogP contribution in [0.1, 0.15) is 56.3 Å². The molecule has 0 spiro atoms. The Bertz CT molecular complexity index is 674. The lowest BCUT2D eigenvalue weighted by Gasteiger charge is -2.28. The van der Waals surface area contributed by atoms with Crippen molar-refractivity contribution in [2.24, 2.45) is 11.8 Å². The minimum atomic E-state index is -2.95. The predicted molar refractivity (Wildman–Crippen MR) is 104 cm³/mol. The predicted octanol–water partition coefficient (Wildman–Crippen LogP) is 3.44. The van der Waals surface area contributed by atoms with Gasteiger partial charge >= 0.3 is 0 Å². The van der Waals surface area contributed by atoms with Gasteiger partial charge in [0.1, 0.15) is 5.75 Å². The molecule has 2 rings (SSSR count). The number of nitrogens with one attached hydrogen (secondary N) is 1. The second kappa shape index (κ2) is 9.40. The average Bonchev–Trinajstić information content (AvgIpc) is 2.62. The van der Waals surface area contributed by atoms with Crippen LogP contribution in [-0.4, -0.2) is 39.0 Å². The first-order valence-corrected chi connectivity index (χ1v) is 11.2. The molecule has 0 aromatic heterocycles. The summed E-state index contributed by atoms with van der Waals surface area (Å²) in [6, 6.07) is 7.08. The minimum absolute atomic E-state index is 0.0654. The van der Waals surface area contributed by atoms with Crippen molar-refractivity contribution >= 4 is 15.7 Å². The van der Waals surface area contributed by atoms with Gasteiger partial charge in [0.25, 0.3) is 5.91 Å². The fourth-order valence-corrected chi connectivity index (χ4v) is 4.82. The van der Waals surface area contributed by atoms with Crippen LogP contribution in [0.15, 0.2) is 24.3 Å². The van der Waals surface area contributed by atoms with Crippen LogP contribution < -0.4 is 10.1 Å². The standard InChI is InChI=1S/C20H31NO4S/c1-15(2)26(23,24)14-17-6-4-16(5-7-17)12-13-21-20(22)18-8-10-19(25-3)11-9-18/h8-11,15-17H,4-7,12-14H2,1-3H3,(H,21,22). The molecule has 26 heavy (non-hydrogen) atoms. The molecule has 1 aromatic rings. The average molecular weight is 382 g/mol. The van der Waals surface area contributed by atoms with Gasteiger partial charge in [-0.05, 0) is 69.2 Å². The van der Waals surface area contributed by atoms with E-state index >= 15 is 0 Å². The summed E-state index contributed by atoms with van der Waals surface area (Å²) in [7, 11) is -1.35. The molecule has 1 aliphatic rings. The molecule has 0 saturated heterocycles. The van der Waals surface area contributed by atoms with Crippen LogP contribution in [0.5, 0.6) is 5.75 Å². The molecule has 0 heterocycles. The van der Waals surface area contributed by atoms with Crippen molar-refractivity contribution in [2.45, 2.75) is 51.2 Å². The van der Waals surface area contributed by atoms with Gasteiger partial charge in [0, 0.05) is 12.1 Å². The third-order valence-electron chi connectivity index (χ3n) is 5.34. The lowest BCUT2D eigenvalue weighted by Crippen LogP contribution is -2.29. The fourth-order valence-electron chi connectivity index (χ4n) is 3.44. The molecule has 6 heteroatoms. The van der Waals surface area contributed by atoms with E-state index in [-0.39, 0.29) is 11.2 Å². The number of carbonyl (C=O) groups excluding carboxylic acids is 1. The van der Waals surface area contributed by atoms with Crippen LogP contribution in [0.4, 0.5) is 0 Å². The van der Waals surface area contributed by atoms with E-state index in [4.69, 9.17) is 4.74 Å². The van der Waals surface area contributed by atoms with Crippen molar-refractivity contribution in [3.63, 3.8) is 0 Å². The van der Waals surface area contributed by atoms with Gasteiger partial charge in [0.2, 0.25) is 0 Å². The Balaban J connectivity index is 1.69. The molecule has 1 aliphatic carbocycles. The Morgan fingerprint density at radius 2 is 1.69 bits per heavy atom. The molecular weight excluding hydrogens is 350 g/mol. The highest BCUT2D eigenvalue weighted by Crippen LogP contribution is 2.32. The number of hydrogen-bond acceptors (Lipinski definition) is 4. The van der Waals surface area contributed by atoms with Crippen molar-refractivity contribution in [2.75, 3.05) is 19.4 Å². The van der Waals surface area contributed by atoms with E-state index in [1.165, 1.54) is 0 Å². The number of sulfone groups is 1. The Hall–Kier alpha value is -1.56. The number of hydrogen-bond donors (Lipinski definition) is 1. The molecule has 0 radical (unpaired) electrons. The van der Waals surface area contributed by atoms with Crippen LogP contribution in [-0.2, 0) is 9.84 Å². The first kappa shape index (κ1) is 20.7. The van der Waals surface area contributed by atoms with Gasteiger partial charge in [-0.3, -0.25) is 4.79 Å². The quantitative estimate of drug-likeness (QED) is 0.749. The number of benzene rings is 1. The summed E-state index contributed by atoms with van der Waals surface area (Å²) in [4.78, 5) is 12.1. The summed E-state index contributed by atoms with van der Waals surface area (Å²) in [5.74, 6) is 1.87. The molecule has 0 atom stereocenters. The zero-order valence-electron chi connectivity index (χ0n) is 16.0. The first-order valence-electron chi connectivity index (χ1n) is 9.45. The summed E-state index contributed by atoms with van der Waals surface area (Å²) in [5, 5.41) is 2.69. The normalized spacial score (nSPS) is 20.8. The van der Waals surface area contributed by atoms with E-state index in [0.717, 1.165) is 37.9 Å². The van der Waals surface area contributed by atoms with E-state index in [9.17, 15) is 13.2 Å². The zero-order valence-corrected chi connectivity index (χ0v) is 16.8. The molecule has 0 aliphatic heterocycles. The van der Waals surface area contributed by atoms with Crippen LogP contribution in [0.25, 0.3) is 0 Å². The molecule has 1 N–H and O–H groups in total. The van der Waals surface area contributed by atoms with Crippen LogP contribution in [0, 0.1) is 11.8 Å². The summed E-state index contributed by atoms with van der Waals surface area (Å²) < 4.78 is 29.2. The molecule has 0 bridgehead atoms. The van der Waals surface area contributed by atoms with Gasteiger partial charge in [-0.25, -0.2) is 8.42 Å². The SMILES string of the molecule is COc1ccc(C(=O)NCCC2CCC(CS(=O)(=O)C(C)C)CC2)cc1. The van der Waals surface area contributed by atoms with Gasteiger partial charge in [-0.2, -0.15) is 0 Å². The van der Waals surface area contributed by atoms with Gasteiger partial charge in [-0.1, -0.05) is 12.8 Å². The molecule has 5 nitrogen and oxygen atoms in total. The first-order chi connectivity index (χ1) is 12.3. The third kappa shape index (κ3) is 6.01. The minimum Gasteiger partial charge on any atom is -0.497 e. The highest BCUT2D eigenvalue weighted by molar-refractivity contribution is 7.91. The highest BCUT2D eigenvalue weighted by atomic mass is 32.2. The van der Waals surface area contributed by atoms with Crippen LogP contribution >= 0.6 is 0 Å². The molecule has 146 valence electrons. The number of rotatable bonds is 8. The van der Waals surface area contributed by atoms with Crippen molar-refractivity contribution in [1.29, 1.82) is 0 Å². The fraction of sp³-hybridized carbons (Fsp3) is 0.650. The largest absolute Gasteiger partial charge is 0.497 e. The van der Waals surface area contributed by atoms with Crippen molar-refractivity contribution < 1.29 is 17.9 Å². The summed E-state index contributed by atoms with van der Waals surface area (Å²) in [6.45, 7) is 4.17. The molecule has 1 fully saturated rings. The lowest BCUT2D eigenvalue weighted by atomic mass is 9.81. The Kier molecular flexibility index (Phi) is 7.50. The number of ether oxygens (including phenoxy) is 1. The molecule has 1 aromatic carbocycles. The van der Waals surface area contributed by atoms with Gasteiger partial charge in [0.05, 0.1) is 18.1 Å². The maximum absolute atomic E-state index is 12.1. The molecule has 0 unspecified atom stereocenters. The van der Waals surface area contributed by atoms with Crippen molar-refractivity contribution in [3.05, 3.63) is 29.8 Å². The topological polar surface area (TPSA) is 72.5 Å². The van der Waals surface area contributed by atoms with E-state index in [1.807, 2.05) is 0 Å². The summed E-state index contributed by atoms with van der Waals surface area (Å²) >= 11 is 0. The molecule has 1 amide bonds. The monoisotopic (exact) mass is 381 g/mol. The maximum Gasteiger partial charge on any atom is 0.251 e. The van der Waals surface area contributed by atoms with Gasteiger partial charge < -0.3 is 10.1 Å². The van der Waals surface area contributed by atoms with Gasteiger partial charge in [-0.15, -0.1) is 0 Å². The maximum atomic E-state index is 12.1. The zero-order chi connectivity index (χ0) is 19.2. The number of carbonyl (C=O) groups is 1. The number of amides is 1. The van der Waals surface area contributed by atoms with Gasteiger partial charge in [0.15, 0.2) is 9.84 Å². The Morgan fingerprint density at radius 3 is 2.23 bits per heavy atom. The molecule has 1 saturated carbocycles. The highest BCUT2D eigenvalue weighted by Gasteiger charge is 2.27. The van der Waals surface area contributed by atoms with Crippen molar-refractivity contribution in [3.8, 4) is 5.75 Å². The van der Waals surface area contributed by atoms with Crippen LogP contribution in [0.2, 0.25) is 0 Å². The second-order valence-corrected chi connectivity index (χ2v) is 10.1. The Morgan fingerprint density at radius 1 is 1.12 bits per heavy atom. The van der Waals surface area contributed by atoms with E-state index in [2.05, 4.69) is 5.32 Å². The van der Waals surface area contributed by atoms with Crippen molar-refractivity contribution in [1.82, 2.24) is 5.32 Å². The second-order valence-electron chi connectivity index (χ2n) is 7.54. The number of methoxy groups -OCH3 is 1. The van der Waals surface area contributed by atoms with E-state index in [1.54, 1.807) is 45.2 Å². The van der Waals surface area contributed by atoms with Crippen LogP contribution in [0.3, 0.4) is 0 Å². The van der Waals surface area contributed by atoms with E-state index < -0.39 is 9.84 Å². The Labute approximate surface area is 157 Å². The summed E-state index contributed by atoms with van der Waals surface area (Å²) in [5.41, 5.74) is 0.633. The smallest absolute Gasteiger partial charge is 0.251 e. The third-order valence-corrected chi connectivity index (χ3v) is 7.72. The molecular formula is C20H31NO4S.